The topological polar surface area (TPSA) is 63.1 Å². The van der Waals surface area contributed by atoms with Crippen molar-refractivity contribution in [1.29, 1.82) is 0 Å². The second kappa shape index (κ2) is 5.87. The molecule has 7 heteroatoms. The van der Waals surface area contributed by atoms with Gasteiger partial charge in [-0.15, -0.1) is 0 Å². The van der Waals surface area contributed by atoms with Crippen molar-refractivity contribution < 1.29 is 4.79 Å². The van der Waals surface area contributed by atoms with Crippen LogP contribution in [0.3, 0.4) is 0 Å². The fourth-order valence-corrected chi connectivity index (χ4v) is 3.51. The van der Waals surface area contributed by atoms with Gasteiger partial charge in [-0.25, -0.2) is 0 Å². The maximum absolute atomic E-state index is 12.3. The molecule has 20 heavy (non-hydrogen) atoms. The van der Waals surface area contributed by atoms with Gasteiger partial charge in [-0.05, 0) is 35.1 Å². The molecule has 1 spiro atoms. The van der Waals surface area contributed by atoms with Crippen LogP contribution in [0, 0.1) is 0 Å². The molecule has 1 amide bonds. The molecule has 110 valence electrons. The summed E-state index contributed by atoms with van der Waals surface area (Å²) in [6, 6.07) is 1.48. The number of hydrogen-bond donors (Lipinski definition) is 2. The number of fused-ring (bicyclic) bond motifs is 2. The summed E-state index contributed by atoms with van der Waals surface area (Å²) in [5, 5.41) is 6.44. The molecule has 0 aliphatic carbocycles. The second-order valence-electron chi connectivity index (χ2n) is 4.57. The minimum Gasteiger partial charge on any atom is -0.327 e. The molecule has 0 atom stereocenters. The fraction of sp³-hybridized carbons (Fsp3) is 0.538. The molecule has 1 saturated heterocycles. The van der Waals surface area contributed by atoms with E-state index in [2.05, 4.69) is 26.6 Å². The first-order valence-corrected chi connectivity index (χ1v) is 7.87. The first-order chi connectivity index (χ1) is 9.55. The maximum atomic E-state index is 12.3. The Hall–Kier alpha value is -0.850. The largest absolute Gasteiger partial charge is 0.327 e. The molecular weight excluding hydrogens is 346 g/mol. The lowest BCUT2D eigenvalue weighted by Gasteiger charge is -2.35. The van der Waals surface area contributed by atoms with E-state index < -0.39 is 5.66 Å². The molecule has 0 bridgehead atoms. The average molecular weight is 363 g/mol. The van der Waals surface area contributed by atoms with Gasteiger partial charge < -0.3 is 10.6 Å². The van der Waals surface area contributed by atoms with E-state index >= 15 is 0 Å². The first-order valence-electron chi connectivity index (χ1n) is 6.70. The SMILES string of the molecule is CC.O=C1NC2(CCNCC2)n2c1c(Cl)cc(Br)c2=O. The molecule has 5 nitrogen and oxygen atoms in total. The van der Waals surface area contributed by atoms with E-state index in [-0.39, 0.29) is 17.2 Å². The summed E-state index contributed by atoms with van der Waals surface area (Å²) in [5.74, 6) is -0.272. The zero-order valence-electron chi connectivity index (χ0n) is 11.4. The van der Waals surface area contributed by atoms with Crippen molar-refractivity contribution in [3.05, 3.63) is 31.6 Å². The minimum absolute atomic E-state index is 0.213. The Kier molecular flexibility index (Phi) is 4.56. The van der Waals surface area contributed by atoms with Crippen LogP contribution in [0.2, 0.25) is 5.02 Å². The molecule has 2 aliphatic rings. The van der Waals surface area contributed by atoms with Gasteiger partial charge in [0.05, 0.1) is 9.50 Å². The van der Waals surface area contributed by atoms with E-state index in [4.69, 9.17) is 11.6 Å². The first kappa shape index (κ1) is 15.5. The summed E-state index contributed by atoms with van der Waals surface area (Å²) in [6.07, 6.45) is 1.36. The van der Waals surface area contributed by atoms with Gasteiger partial charge >= 0.3 is 0 Å². The lowest BCUT2D eigenvalue weighted by atomic mass is 9.98. The van der Waals surface area contributed by atoms with Gasteiger partial charge in [0, 0.05) is 12.8 Å². The molecule has 0 radical (unpaired) electrons. The molecule has 3 rings (SSSR count). The van der Waals surface area contributed by atoms with E-state index in [1.54, 1.807) is 0 Å². The predicted octanol–water partition coefficient (Wildman–Crippen LogP) is 2.07. The van der Waals surface area contributed by atoms with Crippen LogP contribution in [0.1, 0.15) is 37.2 Å². The summed E-state index contributed by atoms with van der Waals surface area (Å²) in [4.78, 5) is 24.3. The summed E-state index contributed by atoms with van der Waals surface area (Å²) in [5.41, 5.74) is -0.566. The van der Waals surface area contributed by atoms with E-state index in [1.165, 1.54) is 10.6 Å². The van der Waals surface area contributed by atoms with Crippen molar-refractivity contribution in [3.63, 3.8) is 0 Å². The third-order valence-corrected chi connectivity index (χ3v) is 4.39. The number of piperidine rings is 1. The van der Waals surface area contributed by atoms with Crippen LogP contribution in [0.25, 0.3) is 0 Å². The highest BCUT2D eigenvalue weighted by Crippen LogP contribution is 2.33. The zero-order chi connectivity index (χ0) is 14.9. The van der Waals surface area contributed by atoms with E-state index in [0.717, 1.165) is 13.1 Å². The monoisotopic (exact) mass is 361 g/mol. The molecule has 2 N–H and O–H groups in total. The third kappa shape index (κ3) is 2.29. The van der Waals surface area contributed by atoms with Gasteiger partial charge in [-0.1, -0.05) is 25.4 Å². The maximum Gasteiger partial charge on any atom is 0.271 e. The quantitative estimate of drug-likeness (QED) is 0.743. The molecular formula is C13H17BrClN3O2. The zero-order valence-corrected chi connectivity index (χ0v) is 13.8. The number of carbonyl (C=O) groups excluding carboxylic acids is 1. The number of amides is 1. The van der Waals surface area contributed by atoms with E-state index in [9.17, 15) is 9.59 Å². The third-order valence-electron chi connectivity index (χ3n) is 3.53. The lowest BCUT2D eigenvalue weighted by molar-refractivity contribution is 0.0886. The molecule has 0 unspecified atom stereocenters. The van der Waals surface area contributed by atoms with Crippen LogP contribution in [0.5, 0.6) is 0 Å². The standard InChI is InChI=1S/C11H11BrClN3O2.C2H6/c12-6-5-7(13)8-9(17)15-11(16(8)10(6)18)1-3-14-4-2-11;1-2/h5,14H,1-4H2,(H,15,17);1-2H3. The number of nitrogens with one attached hydrogen (secondary N) is 2. The van der Waals surface area contributed by atoms with Crippen LogP contribution in [-0.2, 0) is 5.66 Å². The Bertz CT molecular complexity index is 594. The molecule has 0 saturated carbocycles. The van der Waals surface area contributed by atoms with Crippen molar-refractivity contribution in [1.82, 2.24) is 15.2 Å². The van der Waals surface area contributed by atoms with Crippen molar-refractivity contribution >= 4 is 33.4 Å². The van der Waals surface area contributed by atoms with E-state index in [1.807, 2.05) is 13.8 Å². The Morgan fingerprint density at radius 3 is 2.50 bits per heavy atom. The molecule has 0 aromatic carbocycles. The van der Waals surface area contributed by atoms with Gasteiger partial charge in [-0.3, -0.25) is 14.2 Å². The Labute approximate surface area is 130 Å². The Morgan fingerprint density at radius 2 is 1.90 bits per heavy atom. The van der Waals surface area contributed by atoms with Crippen LogP contribution >= 0.6 is 27.5 Å². The van der Waals surface area contributed by atoms with Crippen molar-refractivity contribution in [2.75, 3.05) is 13.1 Å². The average Bonchev–Trinajstić information content (AvgIpc) is 2.72. The highest BCUT2D eigenvalue weighted by atomic mass is 79.9. The van der Waals surface area contributed by atoms with Gasteiger partial charge in [0.25, 0.3) is 11.5 Å². The molecule has 1 fully saturated rings. The fourth-order valence-electron chi connectivity index (χ4n) is 2.69. The van der Waals surface area contributed by atoms with Crippen LogP contribution in [0.4, 0.5) is 0 Å². The second-order valence-corrected chi connectivity index (χ2v) is 5.83. The smallest absolute Gasteiger partial charge is 0.271 e. The van der Waals surface area contributed by atoms with Gasteiger partial charge in [0.2, 0.25) is 0 Å². The molecule has 3 heterocycles. The highest BCUT2D eigenvalue weighted by molar-refractivity contribution is 9.10. The van der Waals surface area contributed by atoms with Crippen LogP contribution < -0.4 is 16.2 Å². The van der Waals surface area contributed by atoms with E-state index in [0.29, 0.717) is 22.3 Å². The normalized spacial score (nSPS) is 19.1. The number of rotatable bonds is 0. The predicted molar refractivity (Wildman–Crippen MR) is 82.3 cm³/mol. The van der Waals surface area contributed by atoms with Gasteiger partial charge in [-0.2, -0.15) is 0 Å². The Morgan fingerprint density at radius 1 is 1.30 bits per heavy atom. The molecule has 2 aliphatic heterocycles. The summed E-state index contributed by atoms with van der Waals surface area (Å²) in [6.45, 7) is 5.52. The number of hydrogen-bond acceptors (Lipinski definition) is 3. The summed E-state index contributed by atoms with van der Waals surface area (Å²) in [7, 11) is 0. The molecule has 1 aromatic rings. The Balaban J connectivity index is 0.000000704. The summed E-state index contributed by atoms with van der Waals surface area (Å²) < 4.78 is 1.90. The number of nitrogens with zero attached hydrogens (tertiary/aromatic N) is 1. The summed E-state index contributed by atoms with van der Waals surface area (Å²) >= 11 is 9.28. The number of halogens is 2. The van der Waals surface area contributed by atoms with Crippen molar-refractivity contribution in [2.45, 2.75) is 32.4 Å². The van der Waals surface area contributed by atoms with Crippen molar-refractivity contribution in [3.8, 4) is 0 Å². The molecule has 1 aromatic heterocycles. The van der Waals surface area contributed by atoms with Crippen LogP contribution in [0.15, 0.2) is 15.3 Å². The van der Waals surface area contributed by atoms with Crippen LogP contribution in [-0.4, -0.2) is 23.6 Å². The number of pyridine rings is 1. The number of aromatic nitrogens is 1. The van der Waals surface area contributed by atoms with Gasteiger partial charge in [0.1, 0.15) is 11.4 Å². The lowest BCUT2D eigenvalue weighted by Crippen LogP contribution is -2.53. The van der Waals surface area contributed by atoms with Crippen molar-refractivity contribution in [2.24, 2.45) is 0 Å². The van der Waals surface area contributed by atoms with Gasteiger partial charge in [0.15, 0.2) is 0 Å². The number of carbonyl (C=O) groups is 1. The minimum atomic E-state index is -0.623. The highest BCUT2D eigenvalue weighted by Gasteiger charge is 2.45.